The van der Waals surface area contributed by atoms with Gasteiger partial charge in [0.25, 0.3) is 0 Å². The summed E-state index contributed by atoms with van der Waals surface area (Å²) in [5.74, 6) is 1.61. The smallest absolute Gasteiger partial charge is 0.234 e. The van der Waals surface area contributed by atoms with E-state index in [1.807, 2.05) is 18.3 Å². The van der Waals surface area contributed by atoms with Gasteiger partial charge in [0.15, 0.2) is 0 Å². The van der Waals surface area contributed by atoms with E-state index >= 15 is 0 Å². The molecule has 6 heteroatoms. The van der Waals surface area contributed by atoms with Crippen LogP contribution in [0.4, 0.5) is 0 Å². The van der Waals surface area contributed by atoms with Gasteiger partial charge in [-0.15, -0.1) is 0 Å². The summed E-state index contributed by atoms with van der Waals surface area (Å²) >= 11 is 0. The number of carbonyl (C=O) groups is 1. The number of fused-ring (bicyclic) bond motifs is 2. The van der Waals surface area contributed by atoms with Crippen molar-refractivity contribution in [2.45, 2.75) is 39.2 Å². The number of carbonyl (C=O) groups excluding carboxylic acids is 1. The molecule has 0 atom stereocenters. The highest BCUT2D eigenvalue weighted by atomic mass is 16.2. The molecule has 1 aliphatic heterocycles. The van der Waals surface area contributed by atoms with Crippen LogP contribution in [-0.4, -0.2) is 45.0 Å². The minimum atomic E-state index is 0.0710. The number of amides is 1. The number of nitrogens with one attached hydrogen (secondary N) is 1. The summed E-state index contributed by atoms with van der Waals surface area (Å²) in [5, 5.41) is 4.20. The van der Waals surface area contributed by atoms with Gasteiger partial charge in [-0.05, 0) is 18.1 Å². The van der Waals surface area contributed by atoms with Crippen molar-refractivity contribution in [1.82, 2.24) is 24.8 Å². The van der Waals surface area contributed by atoms with Crippen LogP contribution < -0.4 is 5.32 Å². The number of aromatic nitrogens is 3. The summed E-state index contributed by atoms with van der Waals surface area (Å²) in [6.07, 6.45) is 3.54. The van der Waals surface area contributed by atoms with E-state index in [0.717, 1.165) is 48.4 Å². The first-order valence-corrected chi connectivity index (χ1v) is 10.4. The SMILES string of the molecule is CC(C)c1nc2c(n1C)CCN(CC(=O)NCCc1cccc3cccnc13)C2. The zero-order chi connectivity index (χ0) is 20.4. The van der Waals surface area contributed by atoms with Gasteiger partial charge in [0.05, 0.1) is 17.8 Å². The van der Waals surface area contributed by atoms with E-state index < -0.39 is 0 Å². The monoisotopic (exact) mass is 391 g/mol. The Morgan fingerprint density at radius 2 is 2.07 bits per heavy atom. The molecule has 0 bridgehead atoms. The predicted octanol–water partition coefficient (Wildman–Crippen LogP) is 2.81. The van der Waals surface area contributed by atoms with Gasteiger partial charge in [-0.3, -0.25) is 14.7 Å². The first-order valence-electron chi connectivity index (χ1n) is 10.4. The maximum absolute atomic E-state index is 12.5. The van der Waals surface area contributed by atoms with Gasteiger partial charge in [-0.25, -0.2) is 4.98 Å². The molecular formula is C23H29N5O. The van der Waals surface area contributed by atoms with Crippen LogP contribution in [0.5, 0.6) is 0 Å². The first-order chi connectivity index (χ1) is 14.0. The van der Waals surface area contributed by atoms with Gasteiger partial charge in [-0.1, -0.05) is 38.1 Å². The van der Waals surface area contributed by atoms with Crippen molar-refractivity contribution in [3.8, 4) is 0 Å². The standard InChI is InChI=1S/C23H29N5O/c1-16(2)23-26-19-14-28(13-10-20(19)27(23)3)15-21(29)24-12-9-18-7-4-6-17-8-5-11-25-22(17)18/h4-8,11,16H,9-10,12-15H2,1-3H3,(H,24,29). The topological polar surface area (TPSA) is 63.1 Å². The van der Waals surface area contributed by atoms with Crippen LogP contribution in [0.1, 0.15) is 42.5 Å². The van der Waals surface area contributed by atoms with Crippen LogP contribution >= 0.6 is 0 Å². The van der Waals surface area contributed by atoms with E-state index in [9.17, 15) is 4.79 Å². The quantitative estimate of drug-likeness (QED) is 0.702. The van der Waals surface area contributed by atoms with Crippen LogP contribution in [-0.2, 0) is 31.2 Å². The molecule has 0 saturated carbocycles. The highest BCUT2D eigenvalue weighted by Crippen LogP contribution is 2.23. The molecule has 0 aliphatic carbocycles. The number of imidazole rings is 1. The number of hydrogen-bond donors (Lipinski definition) is 1. The Hall–Kier alpha value is -2.73. The van der Waals surface area contributed by atoms with Gasteiger partial charge < -0.3 is 9.88 Å². The number of nitrogens with zero attached hydrogens (tertiary/aromatic N) is 4. The van der Waals surface area contributed by atoms with Gasteiger partial charge in [0.2, 0.25) is 5.91 Å². The van der Waals surface area contributed by atoms with Crippen LogP contribution in [0.3, 0.4) is 0 Å². The minimum Gasteiger partial charge on any atom is -0.355 e. The van der Waals surface area contributed by atoms with Gasteiger partial charge in [0.1, 0.15) is 5.82 Å². The molecule has 0 radical (unpaired) electrons. The number of benzene rings is 1. The zero-order valence-electron chi connectivity index (χ0n) is 17.5. The second kappa shape index (κ2) is 8.33. The third kappa shape index (κ3) is 4.17. The molecule has 29 heavy (non-hydrogen) atoms. The Morgan fingerprint density at radius 1 is 1.24 bits per heavy atom. The molecule has 1 N–H and O–H groups in total. The molecule has 3 heterocycles. The zero-order valence-corrected chi connectivity index (χ0v) is 17.5. The molecule has 1 amide bonds. The third-order valence-electron chi connectivity index (χ3n) is 5.69. The van der Waals surface area contributed by atoms with E-state index in [1.165, 1.54) is 11.3 Å². The van der Waals surface area contributed by atoms with Gasteiger partial charge in [-0.2, -0.15) is 0 Å². The fourth-order valence-corrected chi connectivity index (χ4v) is 4.22. The van der Waals surface area contributed by atoms with Crippen molar-refractivity contribution >= 4 is 16.8 Å². The predicted molar refractivity (Wildman–Crippen MR) is 115 cm³/mol. The second-order valence-corrected chi connectivity index (χ2v) is 8.13. The van der Waals surface area contributed by atoms with Crippen molar-refractivity contribution in [3.63, 3.8) is 0 Å². The van der Waals surface area contributed by atoms with Crippen LogP contribution in [0.25, 0.3) is 10.9 Å². The normalized spacial score (nSPS) is 14.3. The lowest BCUT2D eigenvalue weighted by Gasteiger charge is -2.26. The Balaban J connectivity index is 1.31. The molecule has 0 unspecified atom stereocenters. The lowest BCUT2D eigenvalue weighted by molar-refractivity contribution is -0.122. The lowest BCUT2D eigenvalue weighted by Crippen LogP contribution is -2.40. The molecule has 152 valence electrons. The Labute approximate surface area is 172 Å². The Morgan fingerprint density at radius 3 is 2.90 bits per heavy atom. The molecule has 0 saturated heterocycles. The second-order valence-electron chi connectivity index (χ2n) is 8.13. The number of para-hydroxylation sites is 1. The van der Waals surface area contributed by atoms with E-state index in [2.05, 4.69) is 58.9 Å². The van der Waals surface area contributed by atoms with E-state index in [0.29, 0.717) is 19.0 Å². The molecule has 0 fully saturated rings. The average molecular weight is 392 g/mol. The van der Waals surface area contributed by atoms with Gasteiger partial charge in [0, 0.05) is 56.3 Å². The first kappa shape index (κ1) is 19.6. The maximum atomic E-state index is 12.5. The average Bonchev–Trinajstić information content (AvgIpc) is 3.04. The third-order valence-corrected chi connectivity index (χ3v) is 5.69. The Kier molecular flexibility index (Phi) is 5.62. The highest BCUT2D eigenvalue weighted by molar-refractivity contribution is 5.82. The highest BCUT2D eigenvalue weighted by Gasteiger charge is 2.24. The summed E-state index contributed by atoms with van der Waals surface area (Å²) in [6.45, 7) is 7.02. The maximum Gasteiger partial charge on any atom is 0.234 e. The summed E-state index contributed by atoms with van der Waals surface area (Å²) in [7, 11) is 2.10. The summed E-state index contributed by atoms with van der Waals surface area (Å²) in [6, 6.07) is 10.2. The van der Waals surface area contributed by atoms with Gasteiger partial charge >= 0.3 is 0 Å². The number of pyridine rings is 1. The number of hydrogen-bond acceptors (Lipinski definition) is 4. The van der Waals surface area contributed by atoms with Crippen LogP contribution in [0.2, 0.25) is 0 Å². The molecule has 1 aromatic carbocycles. The lowest BCUT2D eigenvalue weighted by atomic mass is 10.1. The van der Waals surface area contributed by atoms with Crippen molar-refractivity contribution < 1.29 is 4.79 Å². The molecule has 6 nitrogen and oxygen atoms in total. The summed E-state index contributed by atoms with van der Waals surface area (Å²) in [5.41, 5.74) is 4.62. The van der Waals surface area contributed by atoms with Crippen LogP contribution in [0, 0.1) is 0 Å². The number of rotatable bonds is 6. The summed E-state index contributed by atoms with van der Waals surface area (Å²) < 4.78 is 2.23. The van der Waals surface area contributed by atoms with E-state index in [-0.39, 0.29) is 5.91 Å². The van der Waals surface area contributed by atoms with Crippen molar-refractivity contribution in [2.75, 3.05) is 19.6 Å². The van der Waals surface area contributed by atoms with Crippen molar-refractivity contribution in [2.24, 2.45) is 7.05 Å². The summed E-state index contributed by atoms with van der Waals surface area (Å²) in [4.78, 5) is 24.0. The molecule has 3 aromatic rings. The molecule has 1 aliphatic rings. The molecule has 2 aromatic heterocycles. The molecule has 4 rings (SSSR count). The largest absolute Gasteiger partial charge is 0.355 e. The van der Waals surface area contributed by atoms with E-state index in [4.69, 9.17) is 4.98 Å². The van der Waals surface area contributed by atoms with Crippen LogP contribution in [0.15, 0.2) is 36.5 Å². The fraction of sp³-hybridized carbons (Fsp3) is 0.435. The van der Waals surface area contributed by atoms with Crippen molar-refractivity contribution in [1.29, 1.82) is 0 Å². The fourth-order valence-electron chi connectivity index (χ4n) is 4.22. The minimum absolute atomic E-state index is 0.0710. The Bertz CT molecular complexity index is 1020. The van der Waals surface area contributed by atoms with E-state index in [1.54, 1.807) is 0 Å². The molecular weight excluding hydrogens is 362 g/mol. The molecule has 0 spiro atoms. The van der Waals surface area contributed by atoms with Crippen molar-refractivity contribution in [3.05, 3.63) is 59.3 Å².